The van der Waals surface area contributed by atoms with Crippen molar-refractivity contribution in [1.82, 2.24) is 9.78 Å². The molecule has 0 spiro atoms. The zero-order chi connectivity index (χ0) is 12.4. The molecule has 1 aliphatic carbocycles. The highest BCUT2D eigenvalue weighted by molar-refractivity contribution is 5.65. The molecule has 5 nitrogen and oxygen atoms in total. The largest absolute Gasteiger partial charge is 0.394 e. The van der Waals surface area contributed by atoms with Crippen LogP contribution < -0.4 is 11.1 Å². The number of hydrogen-bond acceptors (Lipinski definition) is 4. The minimum absolute atomic E-state index is 0.382. The molecule has 2 unspecified atom stereocenters. The Bertz CT molecular complexity index is 388. The molecule has 0 amide bonds. The van der Waals surface area contributed by atoms with E-state index in [-0.39, 0.29) is 0 Å². The van der Waals surface area contributed by atoms with E-state index in [1.165, 1.54) is 0 Å². The maximum Gasteiger partial charge on any atom is 0.147 e. The lowest BCUT2D eigenvalue weighted by molar-refractivity contribution is 0.108. The van der Waals surface area contributed by atoms with Crippen molar-refractivity contribution in [1.29, 1.82) is 0 Å². The summed E-state index contributed by atoms with van der Waals surface area (Å²) in [5.74, 6) is 0.948. The number of rotatable bonds is 4. The Morgan fingerprint density at radius 1 is 1.53 bits per heavy atom. The maximum absolute atomic E-state index is 6.08. The van der Waals surface area contributed by atoms with E-state index < -0.39 is 0 Å². The van der Waals surface area contributed by atoms with Gasteiger partial charge >= 0.3 is 0 Å². The molecule has 2 atom stereocenters. The number of methoxy groups -OCH3 is 1. The molecule has 0 radical (unpaired) electrons. The monoisotopic (exact) mass is 238 g/mol. The summed E-state index contributed by atoms with van der Waals surface area (Å²) in [5, 5.41) is 7.90. The van der Waals surface area contributed by atoms with Crippen LogP contribution in [-0.2, 0) is 18.2 Å². The van der Waals surface area contributed by atoms with E-state index >= 15 is 0 Å². The molecule has 1 aromatic heterocycles. The van der Waals surface area contributed by atoms with Crippen molar-refractivity contribution in [3.8, 4) is 0 Å². The predicted octanol–water partition coefficient (Wildman–Crippen LogP) is 1.54. The standard InChI is InChI=1S/C12H22N4O/c1-4-10-11(13)12(16(2)15-10)14-8-5-6-9(7-8)17-3/h8-9,14H,4-7,13H2,1-3H3. The van der Waals surface area contributed by atoms with Gasteiger partial charge in [-0.2, -0.15) is 5.10 Å². The molecule has 1 fully saturated rings. The van der Waals surface area contributed by atoms with Crippen molar-refractivity contribution in [2.45, 2.75) is 44.8 Å². The van der Waals surface area contributed by atoms with Crippen LogP contribution in [0.2, 0.25) is 0 Å². The molecule has 1 heterocycles. The lowest BCUT2D eigenvalue weighted by Crippen LogP contribution is -2.19. The molecule has 1 aromatic rings. The molecule has 96 valence electrons. The number of nitrogens with zero attached hydrogens (tertiary/aromatic N) is 2. The Labute approximate surface area is 102 Å². The van der Waals surface area contributed by atoms with Crippen LogP contribution in [-0.4, -0.2) is 29.0 Å². The van der Waals surface area contributed by atoms with Crippen LogP contribution in [0.4, 0.5) is 11.5 Å². The Kier molecular flexibility index (Phi) is 3.57. The van der Waals surface area contributed by atoms with Crippen LogP contribution in [0.25, 0.3) is 0 Å². The molecular weight excluding hydrogens is 216 g/mol. The summed E-state index contributed by atoms with van der Waals surface area (Å²) in [5.41, 5.74) is 7.84. The van der Waals surface area contributed by atoms with Gasteiger partial charge in [0.1, 0.15) is 5.82 Å². The summed E-state index contributed by atoms with van der Waals surface area (Å²) in [6.45, 7) is 2.07. The van der Waals surface area contributed by atoms with Crippen LogP contribution >= 0.6 is 0 Å². The molecule has 2 rings (SSSR count). The average molecular weight is 238 g/mol. The van der Waals surface area contributed by atoms with Crippen molar-refractivity contribution in [2.75, 3.05) is 18.2 Å². The van der Waals surface area contributed by atoms with E-state index in [9.17, 15) is 0 Å². The SMILES string of the molecule is CCc1nn(C)c(NC2CCC(OC)C2)c1N. The van der Waals surface area contributed by atoms with E-state index in [1.54, 1.807) is 7.11 Å². The van der Waals surface area contributed by atoms with Crippen molar-refractivity contribution in [2.24, 2.45) is 7.05 Å². The van der Waals surface area contributed by atoms with Gasteiger partial charge in [-0.15, -0.1) is 0 Å². The fourth-order valence-corrected chi connectivity index (χ4v) is 2.51. The third kappa shape index (κ3) is 2.39. The minimum Gasteiger partial charge on any atom is -0.394 e. The summed E-state index contributed by atoms with van der Waals surface area (Å²) in [7, 11) is 3.71. The summed E-state index contributed by atoms with van der Waals surface area (Å²) in [4.78, 5) is 0. The van der Waals surface area contributed by atoms with Gasteiger partial charge in [-0.1, -0.05) is 6.92 Å². The molecule has 0 aromatic carbocycles. The molecule has 1 aliphatic rings. The zero-order valence-corrected chi connectivity index (χ0v) is 10.9. The number of ether oxygens (including phenoxy) is 1. The van der Waals surface area contributed by atoms with Gasteiger partial charge in [0.15, 0.2) is 0 Å². The van der Waals surface area contributed by atoms with Crippen LogP contribution in [0.3, 0.4) is 0 Å². The van der Waals surface area contributed by atoms with Gasteiger partial charge in [0.05, 0.1) is 17.5 Å². The first-order valence-corrected chi connectivity index (χ1v) is 6.26. The highest BCUT2D eigenvalue weighted by Gasteiger charge is 2.26. The van der Waals surface area contributed by atoms with Gasteiger partial charge in [0.25, 0.3) is 0 Å². The number of nitrogens with two attached hydrogens (primary N) is 1. The first kappa shape index (κ1) is 12.2. The smallest absolute Gasteiger partial charge is 0.147 e. The highest BCUT2D eigenvalue weighted by atomic mass is 16.5. The van der Waals surface area contributed by atoms with E-state index in [0.29, 0.717) is 12.1 Å². The zero-order valence-electron chi connectivity index (χ0n) is 10.9. The van der Waals surface area contributed by atoms with Gasteiger partial charge in [-0.3, -0.25) is 4.68 Å². The van der Waals surface area contributed by atoms with Gasteiger partial charge in [-0.05, 0) is 25.7 Å². The fourth-order valence-electron chi connectivity index (χ4n) is 2.51. The molecule has 0 aliphatic heterocycles. The second-order valence-electron chi connectivity index (χ2n) is 4.70. The minimum atomic E-state index is 0.382. The molecule has 1 saturated carbocycles. The third-order valence-electron chi connectivity index (χ3n) is 3.55. The van der Waals surface area contributed by atoms with E-state index in [2.05, 4.69) is 17.3 Å². The molecule has 0 saturated heterocycles. The number of aryl methyl sites for hydroxylation is 2. The Morgan fingerprint density at radius 2 is 2.29 bits per heavy atom. The molecule has 0 bridgehead atoms. The van der Waals surface area contributed by atoms with Crippen LogP contribution in [0.15, 0.2) is 0 Å². The third-order valence-corrected chi connectivity index (χ3v) is 3.55. The summed E-state index contributed by atoms with van der Waals surface area (Å²) >= 11 is 0. The van der Waals surface area contributed by atoms with E-state index in [0.717, 1.165) is 42.9 Å². The van der Waals surface area contributed by atoms with Crippen molar-refractivity contribution in [3.05, 3.63) is 5.69 Å². The van der Waals surface area contributed by atoms with Gasteiger partial charge in [-0.25, -0.2) is 0 Å². The quantitative estimate of drug-likeness (QED) is 0.835. The molecular formula is C12H22N4O. The van der Waals surface area contributed by atoms with Gasteiger partial charge < -0.3 is 15.8 Å². The number of nitrogens with one attached hydrogen (secondary N) is 1. The van der Waals surface area contributed by atoms with Crippen molar-refractivity contribution < 1.29 is 4.74 Å². The lowest BCUT2D eigenvalue weighted by Gasteiger charge is -2.15. The fraction of sp³-hybridized carbons (Fsp3) is 0.750. The van der Waals surface area contributed by atoms with Crippen molar-refractivity contribution in [3.63, 3.8) is 0 Å². The summed E-state index contributed by atoms with van der Waals surface area (Å²) < 4.78 is 7.21. The second-order valence-corrected chi connectivity index (χ2v) is 4.70. The molecule has 17 heavy (non-hydrogen) atoms. The van der Waals surface area contributed by atoms with E-state index in [1.807, 2.05) is 11.7 Å². The number of hydrogen-bond donors (Lipinski definition) is 2. The van der Waals surface area contributed by atoms with Gasteiger partial charge in [0.2, 0.25) is 0 Å². The first-order chi connectivity index (χ1) is 8.15. The lowest BCUT2D eigenvalue weighted by atomic mass is 10.2. The van der Waals surface area contributed by atoms with Crippen molar-refractivity contribution >= 4 is 11.5 Å². The number of aromatic nitrogens is 2. The first-order valence-electron chi connectivity index (χ1n) is 6.26. The highest BCUT2D eigenvalue weighted by Crippen LogP contribution is 2.28. The maximum atomic E-state index is 6.08. The Balaban J connectivity index is 2.06. The number of nitrogen functional groups attached to an aromatic ring is 1. The van der Waals surface area contributed by atoms with E-state index in [4.69, 9.17) is 10.5 Å². The van der Waals surface area contributed by atoms with Gasteiger partial charge in [0, 0.05) is 20.2 Å². The van der Waals surface area contributed by atoms with Crippen LogP contribution in [0.1, 0.15) is 31.9 Å². The Hall–Kier alpha value is -1.23. The molecule has 5 heteroatoms. The van der Waals surface area contributed by atoms with Crippen LogP contribution in [0.5, 0.6) is 0 Å². The predicted molar refractivity (Wildman–Crippen MR) is 69.1 cm³/mol. The Morgan fingerprint density at radius 3 is 2.82 bits per heavy atom. The number of anilines is 2. The van der Waals surface area contributed by atoms with Crippen LogP contribution in [0, 0.1) is 0 Å². The average Bonchev–Trinajstić information content (AvgIpc) is 2.88. The summed E-state index contributed by atoms with van der Waals surface area (Å²) in [6.07, 6.45) is 4.54. The topological polar surface area (TPSA) is 65.1 Å². The second kappa shape index (κ2) is 4.96. The summed E-state index contributed by atoms with van der Waals surface area (Å²) in [6, 6.07) is 0.447. The normalized spacial score (nSPS) is 24.2. The molecule has 3 N–H and O–H groups in total.